The highest BCUT2D eigenvalue weighted by Gasteiger charge is 2.24. The van der Waals surface area contributed by atoms with Crippen LogP contribution in [0.1, 0.15) is 18.9 Å². The van der Waals surface area contributed by atoms with Gasteiger partial charge in [-0.3, -0.25) is 4.90 Å². The Kier molecular flexibility index (Phi) is 4.54. The molecular formula is C14H22N2O. The van der Waals surface area contributed by atoms with E-state index in [2.05, 4.69) is 47.5 Å². The fraction of sp³-hybridized carbons (Fsp3) is 0.571. The first-order chi connectivity index (χ1) is 8.29. The second-order valence-corrected chi connectivity index (χ2v) is 4.88. The number of benzene rings is 1. The highest BCUT2D eigenvalue weighted by molar-refractivity contribution is 5.14. The Bertz CT molecular complexity index is 328. The molecule has 3 nitrogen and oxygen atoms in total. The number of nitrogens with one attached hydrogen (secondary N) is 1. The van der Waals surface area contributed by atoms with Crippen LogP contribution in [-0.4, -0.2) is 41.8 Å². The standard InChI is InChI=1S/C14H22N2O/c1-12-9-15-14(7-8-17)11-16(12)10-13-5-3-2-4-6-13/h2-6,12,14-15,17H,7-11H2,1H3/t12-,14-/m0/s1. The largest absolute Gasteiger partial charge is 0.396 e. The Hall–Kier alpha value is -0.900. The van der Waals surface area contributed by atoms with Crippen molar-refractivity contribution >= 4 is 0 Å². The van der Waals surface area contributed by atoms with Crippen LogP contribution in [0.5, 0.6) is 0 Å². The molecule has 0 bridgehead atoms. The molecule has 1 aliphatic rings. The molecule has 0 saturated carbocycles. The monoisotopic (exact) mass is 234 g/mol. The maximum atomic E-state index is 9.00. The number of hydrogen-bond acceptors (Lipinski definition) is 3. The number of piperazine rings is 1. The van der Waals surface area contributed by atoms with Gasteiger partial charge in [-0.05, 0) is 18.9 Å². The molecule has 0 aromatic heterocycles. The van der Waals surface area contributed by atoms with Gasteiger partial charge in [0.15, 0.2) is 0 Å². The van der Waals surface area contributed by atoms with Crippen molar-refractivity contribution in [3.05, 3.63) is 35.9 Å². The summed E-state index contributed by atoms with van der Waals surface area (Å²) in [6.45, 7) is 5.57. The van der Waals surface area contributed by atoms with Crippen LogP contribution in [0.15, 0.2) is 30.3 Å². The highest BCUT2D eigenvalue weighted by Crippen LogP contribution is 2.13. The molecule has 0 unspecified atom stereocenters. The Morgan fingerprint density at radius 2 is 2.12 bits per heavy atom. The molecule has 17 heavy (non-hydrogen) atoms. The molecule has 0 spiro atoms. The first kappa shape index (κ1) is 12.6. The molecule has 0 radical (unpaired) electrons. The number of hydrogen-bond donors (Lipinski definition) is 2. The van der Waals surface area contributed by atoms with Crippen molar-refractivity contribution in [3.8, 4) is 0 Å². The van der Waals surface area contributed by atoms with Crippen LogP contribution in [0.2, 0.25) is 0 Å². The molecule has 2 N–H and O–H groups in total. The molecule has 1 aromatic rings. The van der Waals surface area contributed by atoms with Gasteiger partial charge in [0.05, 0.1) is 0 Å². The van der Waals surface area contributed by atoms with Crippen LogP contribution in [0.4, 0.5) is 0 Å². The number of rotatable bonds is 4. The lowest BCUT2D eigenvalue weighted by atomic mass is 10.1. The summed E-state index contributed by atoms with van der Waals surface area (Å²) in [5.41, 5.74) is 1.36. The van der Waals surface area contributed by atoms with E-state index in [-0.39, 0.29) is 6.61 Å². The van der Waals surface area contributed by atoms with Gasteiger partial charge in [-0.2, -0.15) is 0 Å². The molecule has 1 saturated heterocycles. The fourth-order valence-electron chi connectivity index (χ4n) is 2.38. The molecule has 3 heteroatoms. The van der Waals surface area contributed by atoms with Gasteiger partial charge >= 0.3 is 0 Å². The molecule has 1 aliphatic heterocycles. The average molecular weight is 234 g/mol. The zero-order valence-corrected chi connectivity index (χ0v) is 10.5. The summed E-state index contributed by atoms with van der Waals surface area (Å²) >= 11 is 0. The van der Waals surface area contributed by atoms with Crippen LogP contribution in [0.3, 0.4) is 0 Å². The average Bonchev–Trinajstić information content (AvgIpc) is 2.35. The minimum Gasteiger partial charge on any atom is -0.396 e. The van der Waals surface area contributed by atoms with E-state index in [4.69, 9.17) is 5.11 Å². The summed E-state index contributed by atoms with van der Waals surface area (Å²) in [6, 6.07) is 11.6. The van der Waals surface area contributed by atoms with E-state index < -0.39 is 0 Å². The van der Waals surface area contributed by atoms with E-state index in [0.717, 1.165) is 26.1 Å². The molecule has 0 amide bonds. The summed E-state index contributed by atoms with van der Waals surface area (Å²) in [6.07, 6.45) is 0.845. The zero-order chi connectivity index (χ0) is 12.1. The van der Waals surface area contributed by atoms with Gasteiger partial charge in [0, 0.05) is 38.3 Å². The first-order valence-electron chi connectivity index (χ1n) is 6.42. The topological polar surface area (TPSA) is 35.5 Å². The third-order valence-electron chi connectivity index (χ3n) is 3.49. The minimum absolute atomic E-state index is 0.269. The number of aliphatic hydroxyl groups is 1. The lowest BCUT2D eigenvalue weighted by Gasteiger charge is -2.38. The molecule has 1 heterocycles. The Balaban J connectivity index is 1.94. The molecular weight excluding hydrogens is 212 g/mol. The van der Waals surface area contributed by atoms with Gasteiger partial charge in [0.25, 0.3) is 0 Å². The van der Waals surface area contributed by atoms with Gasteiger partial charge < -0.3 is 10.4 Å². The van der Waals surface area contributed by atoms with Crippen LogP contribution in [0, 0.1) is 0 Å². The van der Waals surface area contributed by atoms with E-state index >= 15 is 0 Å². The Labute approximate surface area is 103 Å². The summed E-state index contributed by atoms with van der Waals surface area (Å²) in [7, 11) is 0. The van der Waals surface area contributed by atoms with Crippen molar-refractivity contribution in [1.82, 2.24) is 10.2 Å². The van der Waals surface area contributed by atoms with Gasteiger partial charge in [-0.1, -0.05) is 30.3 Å². The third-order valence-corrected chi connectivity index (χ3v) is 3.49. The van der Waals surface area contributed by atoms with Crippen LogP contribution in [-0.2, 0) is 6.54 Å². The van der Waals surface area contributed by atoms with Crippen LogP contribution in [0.25, 0.3) is 0 Å². The van der Waals surface area contributed by atoms with Gasteiger partial charge in [0.1, 0.15) is 0 Å². The van der Waals surface area contributed by atoms with E-state index in [1.54, 1.807) is 0 Å². The SMILES string of the molecule is C[C@H]1CN[C@@H](CCO)CN1Cc1ccccc1. The lowest BCUT2D eigenvalue weighted by Crippen LogP contribution is -2.55. The smallest absolute Gasteiger partial charge is 0.0446 e. The first-order valence-corrected chi connectivity index (χ1v) is 6.42. The van der Waals surface area contributed by atoms with Crippen molar-refractivity contribution in [1.29, 1.82) is 0 Å². The molecule has 94 valence electrons. The molecule has 2 rings (SSSR count). The Morgan fingerprint density at radius 3 is 2.82 bits per heavy atom. The Morgan fingerprint density at radius 1 is 1.35 bits per heavy atom. The van der Waals surface area contributed by atoms with E-state index in [1.165, 1.54) is 5.56 Å². The normalized spacial score (nSPS) is 26.0. The highest BCUT2D eigenvalue weighted by atomic mass is 16.3. The quantitative estimate of drug-likeness (QED) is 0.822. The molecule has 2 atom stereocenters. The number of aliphatic hydroxyl groups excluding tert-OH is 1. The predicted octanol–water partition coefficient (Wildman–Crippen LogP) is 1.23. The second kappa shape index (κ2) is 6.15. The van der Waals surface area contributed by atoms with E-state index in [9.17, 15) is 0 Å². The second-order valence-electron chi connectivity index (χ2n) is 4.88. The molecule has 0 aliphatic carbocycles. The van der Waals surface area contributed by atoms with Crippen LogP contribution < -0.4 is 5.32 Å². The number of nitrogens with zero attached hydrogens (tertiary/aromatic N) is 1. The van der Waals surface area contributed by atoms with Crippen molar-refractivity contribution in [3.63, 3.8) is 0 Å². The van der Waals surface area contributed by atoms with Crippen molar-refractivity contribution in [2.75, 3.05) is 19.7 Å². The minimum atomic E-state index is 0.269. The predicted molar refractivity (Wildman–Crippen MR) is 69.8 cm³/mol. The lowest BCUT2D eigenvalue weighted by molar-refractivity contribution is 0.120. The van der Waals surface area contributed by atoms with Gasteiger partial charge in [-0.25, -0.2) is 0 Å². The van der Waals surface area contributed by atoms with Crippen molar-refractivity contribution in [2.45, 2.75) is 32.0 Å². The summed E-state index contributed by atoms with van der Waals surface area (Å²) in [5.74, 6) is 0. The summed E-state index contributed by atoms with van der Waals surface area (Å²) in [5, 5.41) is 12.5. The van der Waals surface area contributed by atoms with Crippen molar-refractivity contribution < 1.29 is 5.11 Å². The summed E-state index contributed by atoms with van der Waals surface area (Å²) in [4.78, 5) is 2.49. The zero-order valence-electron chi connectivity index (χ0n) is 10.5. The van der Waals surface area contributed by atoms with Gasteiger partial charge in [-0.15, -0.1) is 0 Å². The summed E-state index contributed by atoms with van der Waals surface area (Å²) < 4.78 is 0. The van der Waals surface area contributed by atoms with E-state index in [1.807, 2.05) is 0 Å². The maximum Gasteiger partial charge on any atom is 0.0446 e. The van der Waals surface area contributed by atoms with Crippen molar-refractivity contribution in [2.24, 2.45) is 0 Å². The molecule has 1 aromatic carbocycles. The van der Waals surface area contributed by atoms with Crippen LogP contribution >= 0.6 is 0 Å². The van der Waals surface area contributed by atoms with Gasteiger partial charge in [0.2, 0.25) is 0 Å². The maximum absolute atomic E-state index is 9.00. The molecule has 1 fully saturated rings. The fourth-order valence-corrected chi connectivity index (χ4v) is 2.38. The third kappa shape index (κ3) is 3.53. The van der Waals surface area contributed by atoms with E-state index in [0.29, 0.717) is 12.1 Å².